The summed E-state index contributed by atoms with van der Waals surface area (Å²) in [5, 5.41) is 0. The van der Waals surface area contributed by atoms with Crippen LogP contribution < -0.4 is 10.9 Å². The van der Waals surface area contributed by atoms with Crippen molar-refractivity contribution in [1.29, 1.82) is 0 Å². The molecule has 7 nitrogen and oxygen atoms in total. The molecule has 2 N–H and O–H groups in total. The average molecular weight is 476 g/mol. The molecule has 32 heavy (non-hydrogen) atoms. The molecule has 0 unspecified atom stereocenters. The van der Waals surface area contributed by atoms with Gasteiger partial charge in [-0.25, -0.2) is 17.1 Å². The zero-order valence-electron chi connectivity index (χ0n) is 17.9. The maximum atomic E-state index is 13.1. The van der Waals surface area contributed by atoms with Crippen molar-refractivity contribution in [3.63, 3.8) is 0 Å². The lowest BCUT2D eigenvalue weighted by Crippen LogP contribution is -2.41. The summed E-state index contributed by atoms with van der Waals surface area (Å²) in [5.41, 5.74) is 6.71. The summed E-state index contributed by atoms with van der Waals surface area (Å²) in [7, 11) is -0.913. The topological polar surface area (TPSA) is 95.6 Å². The van der Waals surface area contributed by atoms with Crippen molar-refractivity contribution in [2.24, 2.45) is 0 Å². The fourth-order valence-electron chi connectivity index (χ4n) is 2.90. The Hall–Kier alpha value is -3.08. The predicted octanol–water partition coefficient (Wildman–Crippen LogP) is 3.50. The van der Waals surface area contributed by atoms with Gasteiger partial charge in [0.1, 0.15) is 5.82 Å². The number of carbonyl (C=O) groups excluding carboxylic acids is 2. The van der Waals surface area contributed by atoms with Gasteiger partial charge < -0.3 is 0 Å². The molecule has 0 radical (unpaired) electrons. The van der Waals surface area contributed by atoms with Gasteiger partial charge in [0.05, 0.1) is 9.77 Å². The molecule has 0 atom stereocenters. The van der Waals surface area contributed by atoms with Crippen LogP contribution in [0.4, 0.5) is 4.39 Å². The second-order valence-corrected chi connectivity index (χ2v) is 10.5. The van der Waals surface area contributed by atoms with E-state index in [0.29, 0.717) is 16.0 Å². The van der Waals surface area contributed by atoms with E-state index in [1.807, 2.05) is 0 Å². The Morgan fingerprint density at radius 1 is 0.938 bits per heavy atom. The van der Waals surface area contributed by atoms with Gasteiger partial charge in [-0.2, -0.15) is 0 Å². The van der Waals surface area contributed by atoms with Gasteiger partial charge in [0.15, 0.2) is 0 Å². The zero-order valence-corrected chi connectivity index (χ0v) is 19.5. The van der Waals surface area contributed by atoms with Crippen LogP contribution in [-0.2, 0) is 10.0 Å². The van der Waals surface area contributed by atoms with E-state index in [2.05, 4.69) is 10.9 Å². The van der Waals surface area contributed by atoms with Gasteiger partial charge >= 0.3 is 0 Å². The summed E-state index contributed by atoms with van der Waals surface area (Å²) in [6.07, 6.45) is 0. The number of halogens is 1. The number of amides is 2. The summed E-state index contributed by atoms with van der Waals surface area (Å²) in [5.74, 6) is -1.52. The number of rotatable bonds is 5. The standard InChI is InChI=1S/C22H22FN3O4S2/c1-13-11-16(12-20(14(13)2)32(29,30)26(3)4)21(27)24-25-22(28)19-10-9-18(31-19)15-5-7-17(23)8-6-15/h5-12H,1-4H3,(H,24,27)(H,25,28). The van der Waals surface area contributed by atoms with Crippen LogP contribution in [0.1, 0.15) is 31.2 Å². The molecule has 0 spiro atoms. The highest BCUT2D eigenvalue weighted by atomic mass is 32.2. The minimum Gasteiger partial charge on any atom is -0.267 e. The van der Waals surface area contributed by atoms with E-state index in [1.165, 1.54) is 43.6 Å². The number of nitrogens with zero attached hydrogens (tertiary/aromatic N) is 1. The Balaban J connectivity index is 1.74. The van der Waals surface area contributed by atoms with Gasteiger partial charge in [-0.05, 0) is 66.9 Å². The van der Waals surface area contributed by atoms with E-state index in [0.717, 1.165) is 14.7 Å². The maximum Gasteiger partial charge on any atom is 0.279 e. The molecule has 0 bridgehead atoms. The Bertz CT molecular complexity index is 1280. The molecule has 0 aliphatic heterocycles. The molecular weight excluding hydrogens is 453 g/mol. The first kappa shape index (κ1) is 23.6. The first-order valence-corrected chi connectivity index (χ1v) is 11.8. The van der Waals surface area contributed by atoms with Crippen molar-refractivity contribution in [1.82, 2.24) is 15.2 Å². The Labute approximate surface area is 189 Å². The van der Waals surface area contributed by atoms with Crippen LogP contribution in [0, 0.1) is 19.7 Å². The number of hydrazine groups is 1. The third kappa shape index (κ3) is 4.87. The van der Waals surface area contributed by atoms with Gasteiger partial charge in [0, 0.05) is 24.5 Å². The van der Waals surface area contributed by atoms with Crippen LogP contribution in [0.25, 0.3) is 10.4 Å². The molecule has 1 aromatic heterocycles. The second-order valence-electron chi connectivity index (χ2n) is 7.28. The lowest BCUT2D eigenvalue weighted by molar-refractivity contribution is 0.0848. The highest BCUT2D eigenvalue weighted by Gasteiger charge is 2.23. The molecule has 0 aliphatic carbocycles. The van der Waals surface area contributed by atoms with Crippen LogP contribution in [0.15, 0.2) is 53.4 Å². The molecule has 2 aromatic carbocycles. The number of hydrogen-bond donors (Lipinski definition) is 2. The SMILES string of the molecule is Cc1cc(C(=O)NNC(=O)c2ccc(-c3ccc(F)cc3)s2)cc(S(=O)(=O)N(C)C)c1C. The summed E-state index contributed by atoms with van der Waals surface area (Å²) in [6.45, 7) is 3.38. The van der Waals surface area contributed by atoms with Gasteiger partial charge in [0.2, 0.25) is 10.0 Å². The average Bonchev–Trinajstić information content (AvgIpc) is 3.24. The van der Waals surface area contributed by atoms with E-state index in [1.54, 1.807) is 44.2 Å². The fraction of sp³-hybridized carbons (Fsp3) is 0.182. The lowest BCUT2D eigenvalue weighted by Gasteiger charge is -2.16. The minimum atomic E-state index is -3.74. The van der Waals surface area contributed by atoms with Crippen LogP contribution in [0.5, 0.6) is 0 Å². The highest BCUT2D eigenvalue weighted by Crippen LogP contribution is 2.28. The number of thiophene rings is 1. The van der Waals surface area contributed by atoms with Crippen molar-refractivity contribution in [2.75, 3.05) is 14.1 Å². The van der Waals surface area contributed by atoms with Crippen molar-refractivity contribution < 1.29 is 22.4 Å². The number of hydrogen-bond acceptors (Lipinski definition) is 5. The molecule has 1 heterocycles. The van der Waals surface area contributed by atoms with Crippen molar-refractivity contribution in [3.05, 3.63) is 75.9 Å². The molecule has 0 saturated heterocycles. The first-order chi connectivity index (χ1) is 15.0. The van der Waals surface area contributed by atoms with Gasteiger partial charge in [-0.1, -0.05) is 12.1 Å². The van der Waals surface area contributed by atoms with Crippen LogP contribution >= 0.6 is 11.3 Å². The largest absolute Gasteiger partial charge is 0.279 e. The third-order valence-corrected chi connectivity index (χ3v) is 7.96. The molecule has 0 aliphatic rings. The van der Waals surface area contributed by atoms with Crippen LogP contribution in [0.2, 0.25) is 0 Å². The third-order valence-electron chi connectivity index (χ3n) is 4.89. The fourth-order valence-corrected chi connectivity index (χ4v) is 5.02. The van der Waals surface area contributed by atoms with Crippen molar-refractivity contribution in [2.45, 2.75) is 18.7 Å². The molecular formula is C22H22FN3O4S2. The summed E-state index contributed by atoms with van der Waals surface area (Å²) in [4.78, 5) is 26.2. The van der Waals surface area contributed by atoms with E-state index in [-0.39, 0.29) is 16.3 Å². The van der Waals surface area contributed by atoms with E-state index >= 15 is 0 Å². The Kier molecular flexibility index (Phi) is 6.77. The number of benzene rings is 2. The van der Waals surface area contributed by atoms with Gasteiger partial charge in [0.25, 0.3) is 11.8 Å². The van der Waals surface area contributed by atoms with Crippen LogP contribution in [0.3, 0.4) is 0 Å². The molecule has 10 heteroatoms. The number of nitrogens with one attached hydrogen (secondary N) is 2. The quantitative estimate of drug-likeness (QED) is 0.552. The molecule has 2 amide bonds. The monoisotopic (exact) mass is 475 g/mol. The normalized spacial score (nSPS) is 11.4. The molecule has 0 fully saturated rings. The molecule has 0 saturated carbocycles. The number of aryl methyl sites for hydroxylation is 1. The lowest BCUT2D eigenvalue weighted by atomic mass is 10.1. The van der Waals surface area contributed by atoms with E-state index in [9.17, 15) is 22.4 Å². The van der Waals surface area contributed by atoms with Crippen molar-refractivity contribution in [3.8, 4) is 10.4 Å². The summed E-state index contributed by atoms with van der Waals surface area (Å²) in [6, 6.07) is 12.1. The van der Waals surface area contributed by atoms with Gasteiger partial charge in [-0.3, -0.25) is 20.4 Å². The molecule has 3 rings (SSSR count). The van der Waals surface area contributed by atoms with E-state index in [4.69, 9.17) is 0 Å². The summed E-state index contributed by atoms with van der Waals surface area (Å²) >= 11 is 1.19. The Morgan fingerprint density at radius 3 is 2.19 bits per heavy atom. The number of sulfonamides is 1. The zero-order chi connectivity index (χ0) is 23.6. The summed E-state index contributed by atoms with van der Waals surface area (Å²) < 4.78 is 39.3. The highest BCUT2D eigenvalue weighted by molar-refractivity contribution is 7.89. The number of carbonyl (C=O) groups is 2. The van der Waals surface area contributed by atoms with Crippen LogP contribution in [-0.4, -0.2) is 38.6 Å². The molecule has 3 aromatic rings. The first-order valence-electron chi connectivity index (χ1n) is 9.51. The minimum absolute atomic E-state index is 0.0289. The van der Waals surface area contributed by atoms with Gasteiger partial charge in [-0.15, -0.1) is 11.3 Å². The van der Waals surface area contributed by atoms with Crippen molar-refractivity contribution >= 4 is 33.2 Å². The maximum absolute atomic E-state index is 13.1. The smallest absolute Gasteiger partial charge is 0.267 e. The Morgan fingerprint density at radius 2 is 1.56 bits per heavy atom. The molecule has 168 valence electrons. The van der Waals surface area contributed by atoms with E-state index < -0.39 is 21.8 Å². The predicted molar refractivity (Wildman–Crippen MR) is 121 cm³/mol. The second kappa shape index (κ2) is 9.19.